The Hall–Kier alpha value is 0.250. The van der Waals surface area contributed by atoms with Gasteiger partial charge in [-0.1, -0.05) is 6.07 Å². The Morgan fingerprint density at radius 3 is 2.31 bits per heavy atom. The Kier molecular flexibility index (Phi) is 6.35. The highest BCUT2D eigenvalue weighted by molar-refractivity contribution is 9.13. The van der Waals surface area contributed by atoms with Crippen molar-refractivity contribution in [2.24, 2.45) is 5.73 Å². The average molecular weight is 381 g/mol. The van der Waals surface area contributed by atoms with Crippen LogP contribution < -0.4 is 5.73 Å². The van der Waals surface area contributed by atoms with Gasteiger partial charge in [-0.05, 0) is 49.6 Å². The van der Waals surface area contributed by atoms with Gasteiger partial charge in [0.1, 0.15) is 6.61 Å². The molecule has 2 nitrogen and oxygen atoms in total. The van der Waals surface area contributed by atoms with E-state index in [4.69, 9.17) is 10.8 Å². The number of hydrogen-bond donors (Lipinski definition) is 2. The van der Waals surface area contributed by atoms with Crippen LogP contribution in [-0.4, -0.2) is 17.6 Å². The van der Waals surface area contributed by atoms with Crippen molar-refractivity contribution < 1.29 is 13.9 Å². The second-order valence-corrected chi connectivity index (χ2v) is 4.78. The van der Waals surface area contributed by atoms with Gasteiger partial charge in [-0.25, -0.2) is 8.78 Å². The summed E-state index contributed by atoms with van der Waals surface area (Å²) < 4.78 is 27.5. The van der Waals surface area contributed by atoms with Crippen LogP contribution in [0.5, 0.6) is 0 Å². The SMILES string of the molecule is Cl.N[C@H](c1ccc(Br)c(Br)c1)C(F)(F)CO. The number of alkyl halides is 2. The molecule has 0 amide bonds. The van der Waals surface area contributed by atoms with E-state index in [0.717, 1.165) is 4.47 Å². The van der Waals surface area contributed by atoms with E-state index in [2.05, 4.69) is 31.9 Å². The van der Waals surface area contributed by atoms with Gasteiger partial charge < -0.3 is 10.8 Å². The van der Waals surface area contributed by atoms with E-state index in [-0.39, 0.29) is 18.0 Å². The van der Waals surface area contributed by atoms with Crippen molar-refractivity contribution in [1.82, 2.24) is 0 Å². The summed E-state index contributed by atoms with van der Waals surface area (Å²) in [5.41, 5.74) is 5.62. The molecular weight excluding hydrogens is 371 g/mol. The van der Waals surface area contributed by atoms with E-state index in [9.17, 15) is 8.78 Å². The Bertz CT molecular complexity index is 365. The molecule has 0 aliphatic carbocycles. The highest BCUT2D eigenvalue weighted by Gasteiger charge is 2.37. The third-order valence-electron chi connectivity index (χ3n) is 1.97. The van der Waals surface area contributed by atoms with Crippen LogP contribution in [0.3, 0.4) is 0 Å². The Balaban J connectivity index is 0.00000225. The fourth-order valence-corrected chi connectivity index (χ4v) is 1.69. The molecule has 0 unspecified atom stereocenters. The van der Waals surface area contributed by atoms with Crippen LogP contribution in [0.1, 0.15) is 11.6 Å². The van der Waals surface area contributed by atoms with Crippen LogP contribution in [0.2, 0.25) is 0 Å². The topological polar surface area (TPSA) is 46.2 Å². The van der Waals surface area contributed by atoms with Gasteiger partial charge in [0.05, 0.1) is 6.04 Å². The summed E-state index contributed by atoms with van der Waals surface area (Å²) >= 11 is 6.41. The molecule has 0 heterocycles. The van der Waals surface area contributed by atoms with Crippen molar-refractivity contribution in [3.63, 3.8) is 0 Å². The first-order valence-electron chi connectivity index (χ1n) is 4.07. The summed E-state index contributed by atoms with van der Waals surface area (Å²) in [6.07, 6.45) is 0. The molecule has 0 spiro atoms. The molecule has 92 valence electrons. The highest BCUT2D eigenvalue weighted by Crippen LogP contribution is 2.32. The first-order chi connectivity index (χ1) is 6.88. The second kappa shape index (κ2) is 6.26. The average Bonchev–Trinajstić information content (AvgIpc) is 2.21. The summed E-state index contributed by atoms with van der Waals surface area (Å²) in [4.78, 5) is 0. The minimum atomic E-state index is -3.31. The van der Waals surface area contributed by atoms with E-state index in [1.807, 2.05) is 0 Å². The first-order valence-corrected chi connectivity index (χ1v) is 5.66. The molecule has 0 radical (unpaired) electrons. The van der Waals surface area contributed by atoms with E-state index in [0.29, 0.717) is 4.47 Å². The van der Waals surface area contributed by atoms with E-state index < -0.39 is 18.6 Å². The lowest BCUT2D eigenvalue weighted by Gasteiger charge is -2.21. The number of aliphatic hydroxyl groups excluding tert-OH is 1. The van der Waals surface area contributed by atoms with Crippen LogP contribution in [0.15, 0.2) is 27.1 Å². The normalized spacial score (nSPS) is 13.1. The summed E-state index contributed by atoms with van der Waals surface area (Å²) in [7, 11) is 0. The van der Waals surface area contributed by atoms with Crippen molar-refractivity contribution in [1.29, 1.82) is 0 Å². The maximum atomic E-state index is 13.1. The molecule has 1 aromatic carbocycles. The van der Waals surface area contributed by atoms with Crippen LogP contribution in [0.4, 0.5) is 8.78 Å². The van der Waals surface area contributed by atoms with Crippen molar-refractivity contribution in [2.75, 3.05) is 6.61 Å². The van der Waals surface area contributed by atoms with Crippen LogP contribution in [0.25, 0.3) is 0 Å². The molecule has 0 aliphatic rings. The predicted molar refractivity (Wildman–Crippen MR) is 68.1 cm³/mol. The molecule has 7 heteroatoms. The summed E-state index contributed by atoms with van der Waals surface area (Å²) in [5.74, 6) is -3.31. The van der Waals surface area contributed by atoms with Gasteiger partial charge in [0.2, 0.25) is 0 Å². The lowest BCUT2D eigenvalue weighted by Crippen LogP contribution is -2.36. The molecule has 3 N–H and O–H groups in total. The van der Waals surface area contributed by atoms with Gasteiger partial charge in [-0.2, -0.15) is 0 Å². The first kappa shape index (κ1) is 16.2. The van der Waals surface area contributed by atoms with Gasteiger partial charge in [-0.3, -0.25) is 0 Å². The molecule has 16 heavy (non-hydrogen) atoms. The van der Waals surface area contributed by atoms with Gasteiger partial charge >= 0.3 is 0 Å². The second-order valence-electron chi connectivity index (χ2n) is 3.07. The molecule has 1 aromatic rings. The fraction of sp³-hybridized carbons (Fsp3) is 0.333. The zero-order chi connectivity index (χ0) is 11.6. The third-order valence-corrected chi connectivity index (χ3v) is 3.85. The zero-order valence-corrected chi connectivity index (χ0v) is 11.9. The number of benzene rings is 1. The fourth-order valence-electron chi connectivity index (χ4n) is 1.05. The van der Waals surface area contributed by atoms with Crippen LogP contribution >= 0.6 is 44.3 Å². The monoisotopic (exact) mass is 379 g/mol. The van der Waals surface area contributed by atoms with E-state index >= 15 is 0 Å². The number of nitrogens with two attached hydrogens (primary N) is 1. The molecular formula is C9H10Br2ClF2NO. The maximum absolute atomic E-state index is 13.1. The highest BCUT2D eigenvalue weighted by atomic mass is 79.9. The standard InChI is InChI=1S/C9H9Br2F2NO.ClH/c10-6-2-1-5(3-7(6)11)8(14)9(12,13)4-15;/h1-3,8,15H,4,14H2;1H/t8-;/m1./s1. The summed E-state index contributed by atoms with van der Waals surface area (Å²) in [6, 6.07) is 3.10. The quantitative estimate of drug-likeness (QED) is 0.844. The van der Waals surface area contributed by atoms with Crippen molar-refractivity contribution in [2.45, 2.75) is 12.0 Å². The molecule has 0 bridgehead atoms. The summed E-state index contributed by atoms with van der Waals surface area (Å²) in [6.45, 7) is -1.26. The lowest BCUT2D eigenvalue weighted by molar-refractivity contribution is -0.0711. The van der Waals surface area contributed by atoms with Crippen LogP contribution in [0, 0.1) is 0 Å². The Labute approximate surface area is 115 Å². The van der Waals surface area contributed by atoms with Gasteiger partial charge in [0.25, 0.3) is 5.92 Å². The maximum Gasteiger partial charge on any atom is 0.289 e. The van der Waals surface area contributed by atoms with E-state index in [1.54, 1.807) is 6.07 Å². The molecule has 1 atom stereocenters. The van der Waals surface area contributed by atoms with Crippen molar-refractivity contribution in [3.8, 4) is 0 Å². The number of rotatable bonds is 3. The van der Waals surface area contributed by atoms with Crippen molar-refractivity contribution >= 4 is 44.3 Å². The molecule has 0 fully saturated rings. The lowest BCUT2D eigenvalue weighted by atomic mass is 10.0. The van der Waals surface area contributed by atoms with E-state index in [1.165, 1.54) is 12.1 Å². The number of halogens is 5. The molecule has 0 saturated heterocycles. The Morgan fingerprint density at radius 1 is 1.31 bits per heavy atom. The number of aliphatic hydroxyl groups is 1. The molecule has 0 aromatic heterocycles. The van der Waals surface area contributed by atoms with Gasteiger partial charge in [-0.15, -0.1) is 12.4 Å². The summed E-state index contributed by atoms with van der Waals surface area (Å²) in [5, 5.41) is 8.50. The smallest absolute Gasteiger partial charge is 0.289 e. The minimum absolute atomic E-state index is 0. The zero-order valence-electron chi connectivity index (χ0n) is 7.96. The Morgan fingerprint density at radius 2 is 1.88 bits per heavy atom. The predicted octanol–water partition coefficient (Wildman–Crippen LogP) is 3.26. The van der Waals surface area contributed by atoms with Gasteiger partial charge in [0.15, 0.2) is 0 Å². The largest absolute Gasteiger partial charge is 0.390 e. The van der Waals surface area contributed by atoms with Crippen LogP contribution in [-0.2, 0) is 0 Å². The van der Waals surface area contributed by atoms with Crippen molar-refractivity contribution in [3.05, 3.63) is 32.7 Å². The molecule has 0 saturated carbocycles. The number of hydrogen-bond acceptors (Lipinski definition) is 2. The van der Waals surface area contributed by atoms with Gasteiger partial charge in [0, 0.05) is 8.95 Å². The third kappa shape index (κ3) is 3.63. The minimum Gasteiger partial charge on any atom is -0.390 e. The molecule has 0 aliphatic heterocycles. The molecule has 1 rings (SSSR count).